The lowest BCUT2D eigenvalue weighted by atomic mass is 10.1. The largest absolute Gasteiger partial charge is 0.457 e. The summed E-state index contributed by atoms with van der Waals surface area (Å²) in [6.07, 6.45) is 0. The molecular formula is C16H11F2NO5S. The Hall–Kier alpha value is -2.81. The quantitative estimate of drug-likeness (QED) is 0.245. The van der Waals surface area contributed by atoms with Crippen LogP contribution in [-0.2, 0) is 9.53 Å². The first-order valence-electron chi connectivity index (χ1n) is 6.88. The molecule has 130 valence electrons. The number of esters is 1. The van der Waals surface area contributed by atoms with Gasteiger partial charge in [0.2, 0.25) is 5.78 Å². The van der Waals surface area contributed by atoms with Crippen molar-refractivity contribution in [2.45, 2.75) is 4.90 Å². The summed E-state index contributed by atoms with van der Waals surface area (Å²) >= 11 is 1.06. The van der Waals surface area contributed by atoms with E-state index in [1.807, 2.05) is 0 Å². The molecule has 2 aromatic rings. The molecule has 0 amide bonds. The number of thioether (sulfide) groups is 1. The SMILES string of the molecule is O=C(CSc1ccc([N+](=O)[O-])cc1)OCC(=O)c1cc(F)ccc1F. The Bertz CT molecular complexity index is 811. The maximum atomic E-state index is 13.4. The summed E-state index contributed by atoms with van der Waals surface area (Å²) in [6.45, 7) is -0.708. The van der Waals surface area contributed by atoms with E-state index in [1.165, 1.54) is 24.3 Å². The van der Waals surface area contributed by atoms with E-state index >= 15 is 0 Å². The van der Waals surface area contributed by atoms with Gasteiger partial charge in [0.1, 0.15) is 11.6 Å². The fourth-order valence-electron chi connectivity index (χ4n) is 1.78. The number of nitrogens with zero attached hydrogens (tertiary/aromatic N) is 1. The highest BCUT2D eigenvalue weighted by Gasteiger charge is 2.15. The molecule has 6 nitrogen and oxygen atoms in total. The first-order chi connectivity index (χ1) is 11.9. The van der Waals surface area contributed by atoms with E-state index in [1.54, 1.807) is 0 Å². The number of nitro groups is 1. The summed E-state index contributed by atoms with van der Waals surface area (Å²) in [5.41, 5.74) is -0.564. The normalized spacial score (nSPS) is 10.3. The molecule has 0 bridgehead atoms. The van der Waals surface area contributed by atoms with Gasteiger partial charge in [-0.05, 0) is 30.3 Å². The molecule has 0 radical (unpaired) electrons. The number of non-ortho nitro benzene ring substituents is 1. The molecule has 0 aliphatic rings. The van der Waals surface area contributed by atoms with Gasteiger partial charge in [-0.1, -0.05) is 0 Å². The number of ether oxygens (including phenoxy) is 1. The maximum absolute atomic E-state index is 13.4. The molecule has 0 fully saturated rings. The van der Waals surface area contributed by atoms with Crippen LogP contribution in [-0.4, -0.2) is 29.0 Å². The van der Waals surface area contributed by atoms with Crippen molar-refractivity contribution in [1.82, 2.24) is 0 Å². The molecule has 9 heteroatoms. The van der Waals surface area contributed by atoms with E-state index in [2.05, 4.69) is 0 Å². The number of halogens is 2. The Balaban J connectivity index is 1.83. The smallest absolute Gasteiger partial charge is 0.316 e. The fourth-order valence-corrected chi connectivity index (χ4v) is 2.48. The van der Waals surface area contributed by atoms with E-state index in [0.717, 1.165) is 30.0 Å². The van der Waals surface area contributed by atoms with Crippen LogP contribution in [0.1, 0.15) is 10.4 Å². The van der Waals surface area contributed by atoms with Gasteiger partial charge in [-0.15, -0.1) is 11.8 Å². The molecule has 0 unspecified atom stereocenters. The van der Waals surface area contributed by atoms with Crippen molar-refractivity contribution in [1.29, 1.82) is 0 Å². The lowest BCUT2D eigenvalue weighted by Crippen LogP contribution is -2.16. The Morgan fingerprint density at radius 3 is 2.44 bits per heavy atom. The van der Waals surface area contributed by atoms with Gasteiger partial charge in [0, 0.05) is 17.0 Å². The molecule has 0 N–H and O–H groups in total. The van der Waals surface area contributed by atoms with E-state index in [4.69, 9.17) is 4.74 Å². The summed E-state index contributed by atoms with van der Waals surface area (Å²) in [6, 6.07) is 7.96. The number of ketones is 1. The van der Waals surface area contributed by atoms with Gasteiger partial charge >= 0.3 is 5.97 Å². The summed E-state index contributed by atoms with van der Waals surface area (Å²) < 4.78 is 31.2. The summed E-state index contributed by atoms with van der Waals surface area (Å²) in [5, 5.41) is 10.5. The molecule has 25 heavy (non-hydrogen) atoms. The van der Waals surface area contributed by atoms with Crippen LogP contribution in [0.4, 0.5) is 14.5 Å². The van der Waals surface area contributed by atoms with Crippen molar-refractivity contribution in [3.8, 4) is 0 Å². The molecule has 0 heterocycles. The molecule has 0 aliphatic carbocycles. The number of carbonyl (C=O) groups excluding carboxylic acids is 2. The molecule has 0 aliphatic heterocycles. The Morgan fingerprint density at radius 2 is 1.80 bits per heavy atom. The van der Waals surface area contributed by atoms with Crippen molar-refractivity contribution < 1.29 is 28.0 Å². The Kier molecular flexibility index (Phi) is 6.18. The lowest BCUT2D eigenvalue weighted by molar-refractivity contribution is -0.384. The van der Waals surface area contributed by atoms with E-state index in [0.29, 0.717) is 4.90 Å². The third-order valence-corrected chi connectivity index (χ3v) is 3.98. The second-order valence-electron chi connectivity index (χ2n) is 4.75. The number of Topliss-reactive ketones (excluding diaryl/α,β-unsaturated/α-hetero) is 1. The van der Waals surface area contributed by atoms with Crippen LogP contribution in [0.2, 0.25) is 0 Å². The van der Waals surface area contributed by atoms with Gasteiger partial charge < -0.3 is 4.74 Å². The van der Waals surface area contributed by atoms with Crippen molar-refractivity contribution >= 4 is 29.2 Å². The van der Waals surface area contributed by atoms with Crippen LogP contribution in [0.3, 0.4) is 0 Å². The van der Waals surface area contributed by atoms with Gasteiger partial charge in [-0.25, -0.2) is 8.78 Å². The highest BCUT2D eigenvalue weighted by atomic mass is 32.2. The van der Waals surface area contributed by atoms with Crippen LogP contribution in [0.15, 0.2) is 47.4 Å². The first-order valence-corrected chi connectivity index (χ1v) is 7.86. The monoisotopic (exact) mass is 367 g/mol. The third-order valence-electron chi connectivity index (χ3n) is 3.00. The molecule has 2 aromatic carbocycles. The first kappa shape index (κ1) is 18.5. The number of hydrogen-bond acceptors (Lipinski definition) is 6. The Labute approximate surface area is 144 Å². The van der Waals surface area contributed by atoms with Gasteiger partial charge in [-0.3, -0.25) is 19.7 Å². The summed E-state index contributed by atoms with van der Waals surface area (Å²) in [4.78, 5) is 33.9. The highest BCUT2D eigenvalue weighted by Crippen LogP contribution is 2.21. The predicted molar refractivity (Wildman–Crippen MR) is 85.5 cm³/mol. The zero-order valence-corrected chi connectivity index (χ0v) is 13.4. The molecule has 2 rings (SSSR count). The van der Waals surface area contributed by atoms with E-state index in [-0.39, 0.29) is 11.4 Å². The zero-order chi connectivity index (χ0) is 18.4. The Morgan fingerprint density at radius 1 is 1.12 bits per heavy atom. The topological polar surface area (TPSA) is 86.5 Å². The fraction of sp³-hybridized carbons (Fsp3) is 0.125. The van der Waals surface area contributed by atoms with Crippen LogP contribution in [0, 0.1) is 21.7 Å². The number of hydrogen-bond donors (Lipinski definition) is 0. The number of nitro benzene ring substituents is 1. The van der Waals surface area contributed by atoms with Crippen LogP contribution in [0.5, 0.6) is 0 Å². The number of benzene rings is 2. The number of carbonyl (C=O) groups is 2. The predicted octanol–water partition coefficient (Wildman–Crippen LogP) is 3.39. The average Bonchev–Trinajstić information content (AvgIpc) is 2.60. The maximum Gasteiger partial charge on any atom is 0.316 e. The van der Waals surface area contributed by atoms with Crippen LogP contribution in [0.25, 0.3) is 0 Å². The molecule has 0 atom stereocenters. The highest BCUT2D eigenvalue weighted by molar-refractivity contribution is 8.00. The third kappa shape index (κ3) is 5.35. The van der Waals surface area contributed by atoms with E-state index in [9.17, 15) is 28.5 Å². The lowest BCUT2D eigenvalue weighted by Gasteiger charge is -2.05. The zero-order valence-electron chi connectivity index (χ0n) is 12.6. The standard InChI is InChI=1S/C16H11F2NO5S/c17-10-1-6-14(18)13(7-10)15(20)8-24-16(21)9-25-12-4-2-11(3-5-12)19(22)23/h1-7H,8-9H2. The minimum atomic E-state index is -0.900. The van der Waals surface area contributed by atoms with Crippen molar-refractivity contribution in [3.05, 3.63) is 69.8 Å². The molecular weight excluding hydrogens is 356 g/mol. The van der Waals surface area contributed by atoms with Crippen LogP contribution < -0.4 is 0 Å². The molecule has 0 aromatic heterocycles. The van der Waals surface area contributed by atoms with Crippen LogP contribution >= 0.6 is 11.8 Å². The van der Waals surface area contributed by atoms with Crippen molar-refractivity contribution in [3.63, 3.8) is 0 Å². The second kappa shape index (κ2) is 8.34. The summed E-state index contributed by atoms with van der Waals surface area (Å²) in [7, 11) is 0. The van der Waals surface area contributed by atoms with Crippen molar-refractivity contribution in [2.75, 3.05) is 12.4 Å². The van der Waals surface area contributed by atoms with E-state index < -0.39 is 40.5 Å². The van der Waals surface area contributed by atoms with Gasteiger partial charge in [0.15, 0.2) is 6.61 Å². The molecule has 0 saturated carbocycles. The minimum absolute atomic E-state index is 0.0744. The second-order valence-corrected chi connectivity index (χ2v) is 5.80. The molecule has 0 spiro atoms. The van der Waals surface area contributed by atoms with Gasteiger partial charge in [0.25, 0.3) is 5.69 Å². The average molecular weight is 367 g/mol. The minimum Gasteiger partial charge on any atom is -0.457 e. The number of rotatable bonds is 7. The van der Waals surface area contributed by atoms with Gasteiger partial charge in [0.05, 0.1) is 16.2 Å². The summed E-state index contributed by atoms with van der Waals surface area (Å²) in [5.74, 6) is -3.40. The molecule has 0 saturated heterocycles. The van der Waals surface area contributed by atoms with Crippen molar-refractivity contribution in [2.24, 2.45) is 0 Å². The van der Waals surface area contributed by atoms with Gasteiger partial charge in [-0.2, -0.15) is 0 Å².